The van der Waals surface area contributed by atoms with Gasteiger partial charge in [0.1, 0.15) is 0 Å². The van der Waals surface area contributed by atoms with Crippen molar-refractivity contribution in [3.63, 3.8) is 0 Å². The van der Waals surface area contributed by atoms with Crippen LogP contribution in [0.15, 0.2) is 24.3 Å². The molecular weight excluding hydrogens is 210 g/mol. The number of carbonyl (C=O) groups is 1. The molecule has 0 radical (unpaired) electrons. The van der Waals surface area contributed by atoms with Crippen molar-refractivity contribution in [3.05, 3.63) is 34.9 Å². The van der Waals surface area contributed by atoms with Gasteiger partial charge in [-0.3, -0.25) is 9.69 Å². The van der Waals surface area contributed by atoms with E-state index in [0.29, 0.717) is 17.1 Å². The second-order valence-electron chi connectivity index (χ2n) is 3.67. The summed E-state index contributed by atoms with van der Waals surface area (Å²) < 4.78 is 0. The Labute approximate surface area is 95.8 Å². The molecule has 0 aromatic heterocycles. The molecule has 1 rings (SSSR count). The predicted molar refractivity (Wildman–Crippen MR) is 63.6 cm³/mol. The number of hydrogen-bond donors (Lipinski definition) is 0. The van der Waals surface area contributed by atoms with Gasteiger partial charge < -0.3 is 0 Å². The minimum Gasteiger partial charge on any atom is -0.299 e. The molecular formula is C12H16ClNO. The van der Waals surface area contributed by atoms with Crippen LogP contribution in [0.4, 0.5) is 0 Å². The van der Waals surface area contributed by atoms with Crippen molar-refractivity contribution < 1.29 is 4.79 Å². The molecule has 0 aliphatic carbocycles. The quantitative estimate of drug-likeness (QED) is 0.719. The molecule has 0 bridgehead atoms. The van der Waals surface area contributed by atoms with Gasteiger partial charge in [0, 0.05) is 10.6 Å². The van der Waals surface area contributed by atoms with E-state index in [2.05, 4.69) is 6.92 Å². The molecule has 0 aliphatic heterocycles. The second kappa shape index (κ2) is 5.89. The van der Waals surface area contributed by atoms with Crippen molar-refractivity contribution in [2.75, 3.05) is 20.1 Å². The summed E-state index contributed by atoms with van der Waals surface area (Å²) in [5.74, 6) is 0.119. The zero-order valence-corrected chi connectivity index (χ0v) is 9.92. The minimum atomic E-state index is 0.119. The van der Waals surface area contributed by atoms with Crippen LogP contribution in [-0.4, -0.2) is 30.8 Å². The first kappa shape index (κ1) is 12.2. The highest BCUT2D eigenvalue weighted by atomic mass is 35.5. The van der Waals surface area contributed by atoms with Crippen molar-refractivity contribution in [3.8, 4) is 0 Å². The number of likely N-dealkylation sites (N-methyl/N-ethyl adjacent to an activating group) is 1. The van der Waals surface area contributed by atoms with Gasteiger partial charge in [0.25, 0.3) is 0 Å². The van der Waals surface area contributed by atoms with Gasteiger partial charge in [0.2, 0.25) is 0 Å². The van der Waals surface area contributed by atoms with Crippen molar-refractivity contribution >= 4 is 17.4 Å². The number of nitrogens with zero attached hydrogens (tertiary/aromatic N) is 1. The molecule has 0 N–H and O–H groups in total. The van der Waals surface area contributed by atoms with Crippen molar-refractivity contribution in [2.24, 2.45) is 0 Å². The Balaban J connectivity index is 2.61. The van der Waals surface area contributed by atoms with Gasteiger partial charge in [-0.2, -0.15) is 0 Å². The van der Waals surface area contributed by atoms with Crippen molar-refractivity contribution in [1.82, 2.24) is 4.90 Å². The summed E-state index contributed by atoms with van der Waals surface area (Å²) in [4.78, 5) is 13.8. The van der Waals surface area contributed by atoms with Crippen LogP contribution in [0.25, 0.3) is 0 Å². The van der Waals surface area contributed by atoms with E-state index < -0.39 is 0 Å². The van der Waals surface area contributed by atoms with Crippen LogP contribution in [-0.2, 0) is 0 Å². The smallest absolute Gasteiger partial charge is 0.176 e. The van der Waals surface area contributed by atoms with Crippen LogP contribution in [0.2, 0.25) is 5.02 Å². The third kappa shape index (κ3) is 4.02. The molecule has 82 valence electrons. The molecule has 0 saturated carbocycles. The van der Waals surface area contributed by atoms with E-state index in [9.17, 15) is 4.79 Å². The van der Waals surface area contributed by atoms with E-state index in [-0.39, 0.29) is 5.78 Å². The van der Waals surface area contributed by atoms with Crippen molar-refractivity contribution in [1.29, 1.82) is 0 Å². The fourth-order valence-corrected chi connectivity index (χ4v) is 1.65. The normalized spacial score (nSPS) is 10.7. The topological polar surface area (TPSA) is 20.3 Å². The van der Waals surface area contributed by atoms with Crippen LogP contribution >= 0.6 is 11.6 Å². The van der Waals surface area contributed by atoms with E-state index in [1.807, 2.05) is 11.9 Å². The highest BCUT2D eigenvalue weighted by molar-refractivity contribution is 6.31. The largest absolute Gasteiger partial charge is 0.299 e. The molecule has 3 heteroatoms. The fraction of sp³-hybridized carbons (Fsp3) is 0.417. The number of halogens is 1. The molecule has 0 heterocycles. The first-order valence-corrected chi connectivity index (χ1v) is 5.48. The van der Waals surface area contributed by atoms with Crippen molar-refractivity contribution in [2.45, 2.75) is 13.3 Å². The average molecular weight is 226 g/mol. The van der Waals surface area contributed by atoms with E-state index >= 15 is 0 Å². The highest BCUT2D eigenvalue weighted by Gasteiger charge is 2.08. The number of Topliss-reactive ketones (excluding diaryl/α,β-unsaturated/α-hetero) is 1. The fourth-order valence-electron chi connectivity index (χ4n) is 1.46. The summed E-state index contributed by atoms with van der Waals surface area (Å²) in [5, 5.41) is 0.610. The van der Waals surface area contributed by atoms with Gasteiger partial charge in [-0.25, -0.2) is 0 Å². The SMILES string of the molecule is CCCN(C)CC(=O)c1cccc(Cl)c1. The predicted octanol–water partition coefficient (Wildman–Crippen LogP) is 2.86. The lowest BCUT2D eigenvalue weighted by Crippen LogP contribution is -2.26. The number of ketones is 1. The third-order valence-corrected chi connectivity index (χ3v) is 2.40. The Morgan fingerprint density at radius 3 is 2.80 bits per heavy atom. The Kier molecular flexibility index (Phi) is 4.79. The van der Waals surface area contributed by atoms with Crippen LogP contribution in [0.3, 0.4) is 0 Å². The summed E-state index contributed by atoms with van der Waals surface area (Å²) in [5.41, 5.74) is 0.686. The third-order valence-electron chi connectivity index (χ3n) is 2.17. The first-order valence-electron chi connectivity index (χ1n) is 5.10. The zero-order chi connectivity index (χ0) is 11.3. The molecule has 0 saturated heterocycles. The monoisotopic (exact) mass is 225 g/mol. The Morgan fingerprint density at radius 1 is 1.47 bits per heavy atom. The van der Waals surface area contributed by atoms with E-state index in [4.69, 9.17) is 11.6 Å². The molecule has 0 spiro atoms. The van der Waals surface area contributed by atoms with Crippen LogP contribution < -0.4 is 0 Å². The molecule has 0 unspecified atom stereocenters. The first-order chi connectivity index (χ1) is 7.13. The standard InChI is InChI=1S/C12H16ClNO/c1-3-7-14(2)9-12(15)10-5-4-6-11(13)8-10/h4-6,8H,3,7,9H2,1-2H3. The summed E-state index contributed by atoms with van der Waals surface area (Å²) in [6.07, 6.45) is 1.05. The molecule has 0 fully saturated rings. The van der Waals surface area contributed by atoms with Crippen LogP contribution in [0.1, 0.15) is 23.7 Å². The van der Waals surface area contributed by atoms with Gasteiger partial charge in [0.15, 0.2) is 5.78 Å². The molecule has 0 aliphatic rings. The summed E-state index contributed by atoms with van der Waals surface area (Å²) in [7, 11) is 1.95. The maximum Gasteiger partial charge on any atom is 0.176 e. The number of hydrogen-bond acceptors (Lipinski definition) is 2. The minimum absolute atomic E-state index is 0.119. The molecule has 2 nitrogen and oxygen atoms in total. The lowest BCUT2D eigenvalue weighted by atomic mass is 10.1. The molecule has 1 aromatic carbocycles. The van der Waals surface area contributed by atoms with Gasteiger partial charge in [-0.15, -0.1) is 0 Å². The lowest BCUT2D eigenvalue weighted by molar-refractivity contribution is 0.0946. The number of benzene rings is 1. The Bertz CT molecular complexity index is 338. The highest BCUT2D eigenvalue weighted by Crippen LogP contribution is 2.11. The zero-order valence-electron chi connectivity index (χ0n) is 9.16. The summed E-state index contributed by atoms with van der Waals surface area (Å²) in [6, 6.07) is 7.08. The molecule has 1 aromatic rings. The molecule has 15 heavy (non-hydrogen) atoms. The molecule has 0 amide bonds. The van der Waals surface area contributed by atoms with Gasteiger partial charge in [-0.05, 0) is 32.1 Å². The van der Waals surface area contributed by atoms with E-state index in [0.717, 1.165) is 13.0 Å². The van der Waals surface area contributed by atoms with E-state index in [1.165, 1.54) is 0 Å². The average Bonchev–Trinajstić information content (AvgIpc) is 2.18. The molecule has 0 atom stereocenters. The van der Waals surface area contributed by atoms with Gasteiger partial charge >= 0.3 is 0 Å². The number of carbonyl (C=O) groups excluding carboxylic acids is 1. The van der Waals surface area contributed by atoms with Crippen LogP contribution in [0, 0.1) is 0 Å². The van der Waals surface area contributed by atoms with Crippen LogP contribution in [0.5, 0.6) is 0 Å². The maximum absolute atomic E-state index is 11.8. The Hall–Kier alpha value is -0.860. The van der Waals surface area contributed by atoms with E-state index in [1.54, 1.807) is 24.3 Å². The Morgan fingerprint density at radius 2 is 2.20 bits per heavy atom. The lowest BCUT2D eigenvalue weighted by Gasteiger charge is -2.14. The van der Waals surface area contributed by atoms with Gasteiger partial charge in [0.05, 0.1) is 6.54 Å². The summed E-state index contributed by atoms with van der Waals surface area (Å²) >= 11 is 5.82. The second-order valence-corrected chi connectivity index (χ2v) is 4.11. The number of rotatable bonds is 5. The van der Waals surface area contributed by atoms with Gasteiger partial charge in [-0.1, -0.05) is 30.7 Å². The maximum atomic E-state index is 11.8. The summed E-state index contributed by atoms with van der Waals surface area (Å²) in [6.45, 7) is 3.49.